The molecule has 1 fully saturated rings. The highest BCUT2D eigenvalue weighted by molar-refractivity contribution is 5.78. The van der Waals surface area contributed by atoms with Crippen LogP contribution in [0.25, 0.3) is 11.1 Å². The zero-order valence-electron chi connectivity index (χ0n) is 22.8. The van der Waals surface area contributed by atoms with Crippen molar-refractivity contribution in [2.24, 2.45) is 11.3 Å². The molecule has 0 aromatic heterocycles. The predicted octanol–water partition coefficient (Wildman–Crippen LogP) is 7.74. The fourth-order valence-electron chi connectivity index (χ4n) is 6.45. The van der Waals surface area contributed by atoms with Crippen molar-refractivity contribution in [2.45, 2.75) is 71.3 Å². The van der Waals surface area contributed by atoms with Crippen LogP contribution in [0.15, 0.2) is 54.6 Å². The number of aliphatic carboxylic acids is 1. The Labute approximate surface area is 224 Å². The first kappa shape index (κ1) is 26.3. The molecule has 1 spiro atoms. The Morgan fingerprint density at radius 3 is 2.58 bits per heavy atom. The van der Waals surface area contributed by atoms with Gasteiger partial charge in [0.15, 0.2) is 0 Å². The second-order valence-corrected chi connectivity index (χ2v) is 11.8. The minimum atomic E-state index is -0.699. The van der Waals surface area contributed by atoms with Gasteiger partial charge in [-0.25, -0.2) is 4.39 Å². The summed E-state index contributed by atoms with van der Waals surface area (Å²) in [4.78, 5) is 11.6. The van der Waals surface area contributed by atoms with E-state index in [9.17, 15) is 14.3 Å². The maximum absolute atomic E-state index is 15.0. The number of methoxy groups -OCH3 is 1. The van der Waals surface area contributed by atoms with Crippen molar-refractivity contribution in [2.75, 3.05) is 7.11 Å². The van der Waals surface area contributed by atoms with Gasteiger partial charge in [0, 0.05) is 11.0 Å². The lowest BCUT2D eigenvalue weighted by Crippen LogP contribution is -2.15. The number of rotatable bonds is 10. The Morgan fingerprint density at radius 2 is 1.87 bits per heavy atom. The van der Waals surface area contributed by atoms with E-state index in [0.717, 1.165) is 66.5 Å². The summed E-state index contributed by atoms with van der Waals surface area (Å²) in [5.41, 5.74) is 5.77. The van der Waals surface area contributed by atoms with Crippen molar-refractivity contribution in [3.8, 4) is 22.6 Å². The van der Waals surface area contributed by atoms with E-state index in [-0.39, 0.29) is 22.6 Å². The van der Waals surface area contributed by atoms with Crippen molar-refractivity contribution in [3.05, 3.63) is 82.7 Å². The van der Waals surface area contributed by atoms with Crippen LogP contribution in [-0.4, -0.2) is 18.2 Å². The molecule has 4 nitrogen and oxygen atoms in total. The van der Waals surface area contributed by atoms with Gasteiger partial charge in [-0.05, 0) is 95.7 Å². The van der Waals surface area contributed by atoms with Gasteiger partial charge in [-0.1, -0.05) is 51.5 Å². The average Bonchev–Trinajstić information content (AvgIpc) is 3.52. The van der Waals surface area contributed by atoms with Crippen LogP contribution in [0.2, 0.25) is 0 Å². The van der Waals surface area contributed by atoms with Gasteiger partial charge < -0.3 is 14.6 Å². The number of carbonyl (C=O) groups is 1. The largest absolute Gasteiger partial charge is 0.497 e. The number of carboxylic acids is 1. The van der Waals surface area contributed by atoms with Crippen LogP contribution < -0.4 is 9.47 Å². The molecule has 5 rings (SSSR count). The Hall–Kier alpha value is -3.34. The smallest absolute Gasteiger partial charge is 0.307 e. The minimum Gasteiger partial charge on any atom is -0.497 e. The molecule has 200 valence electrons. The van der Waals surface area contributed by atoms with E-state index in [4.69, 9.17) is 9.47 Å². The first-order valence-electron chi connectivity index (χ1n) is 13.6. The van der Waals surface area contributed by atoms with Gasteiger partial charge in [-0.15, -0.1) is 0 Å². The van der Waals surface area contributed by atoms with Crippen LogP contribution in [0.4, 0.5) is 4.39 Å². The molecular formula is C33H37FO4. The van der Waals surface area contributed by atoms with Gasteiger partial charge >= 0.3 is 5.97 Å². The van der Waals surface area contributed by atoms with Crippen LogP contribution >= 0.6 is 0 Å². The van der Waals surface area contributed by atoms with Gasteiger partial charge in [-0.3, -0.25) is 4.79 Å². The molecule has 3 aromatic rings. The van der Waals surface area contributed by atoms with Crippen LogP contribution in [0.1, 0.15) is 68.7 Å². The second kappa shape index (κ2) is 10.1. The molecule has 0 amide bonds. The fourth-order valence-corrected chi connectivity index (χ4v) is 6.45. The molecular weight excluding hydrogens is 479 g/mol. The standard InChI is InChI=1S/C33H37FO4/c1-5-13-32(2,3)18-23-15-21(6-10-26(23)27-16-24(37-4)9-11-30(27)34)20-38-25-8-7-22-12-14-33(28(22)17-25)19-29(33)31(35)36/h6-11,15-17,29H,5,12-14,18-20H2,1-4H3,(H,35,36)/t29?,33-/m0/s1. The van der Waals surface area contributed by atoms with E-state index in [2.05, 4.69) is 39.0 Å². The highest BCUT2D eigenvalue weighted by atomic mass is 19.1. The Kier molecular flexibility index (Phi) is 6.97. The highest BCUT2D eigenvalue weighted by Gasteiger charge is 2.61. The van der Waals surface area contributed by atoms with Gasteiger partial charge in [0.25, 0.3) is 0 Å². The lowest BCUT2D eigenvalue weighted by atomic mass is 9.79. The highest BCUT2D eigenvalue weighted by Crippen LogP contribution is 2.62. The van der Waals surface area contributed by atoms with Crippen molar-refractivity contribution >= 4 is 5.97 Å². The first-order chi connectivity index (χ1) is 18.2. The van der Waals surface area contributed by atoms with Crippen LogP contribution in [0.3, 0.4) is 0 Å². The predicted molar refractivity (Wildman–Crippen MR) is 147 cm³/mol. The van der Waals surface area contributed by atoms with Crippen LogP contribution in [0.5, 0.6) is 11.5 Å². The molecule has 2 aliphatic rings. The summed E-state index contributed by atoms with van der Waals surface area (Å²) in [7, 11) is 1.59. The molecule has 1 saturated carbocycles. The van der Waals surface area contributed by atoms with E-state index in [1.807, 2.05) is 18.2 Å². The Balaban J connectivity index is 1.41. The number of hydrogen-bond donors (Lipinski definition) is 1. The normalized spacial score (nSPS) is 19.9. The molecule has 1 N–H and O–H groups in total. The number of ether oxygens (including phenoxy) is 2. The third kappa shape index (κ3) is 5.03. The summed E-state index contributed by atoms with van der Waals surface area (Å²) in [6.45, 7) is 7.09. The molecule has 0 radical (unpaired) electrons. The molecule has 3 aromatic carbocycles. The van der Waals surface area contributed by atoms with Gasteiger partial charge in [0.2, 0.25) is 0 Å². The van der Waals surface area contributed by atoms with Crippen LogP contribution in [0, 0.1) is 17.2 Å². The van der Waals surface area contributed by atoms with E-state index >= 15 is 0 Å². The monoisotopic (exact) mass is 516 g/mol. The minimum absolute atomic E-state index is 0.0670. The molecule has 1 unspecified atom stereocenters. The van der Waals surface area contributed by atoms with Gasteiger partial charge in [-0.2, -0.15) is 0 Å². The van der Waals surface area contributed by atoms with Crippen LogP contribution in [-0.2, 0) is 29.7 Å². The van der Waals surface area contributed by atoms with Crippen molar-refractivity contribution < 1.29 is 23.8 Å². The quantitative estimate of drug-likeness (QED) is 0.299. The SMILES string of the molecule is CCCC(C)(C)Cc1cc(COc2ccc3c(c2)[C@]2(CC3)CC2C(=O)O)ccc1-c1cc(OC)ccc1F. The number of benzene rings is 3. The number of aryl methyl sites for hydroxylation is 1. The van der Waals surface area contributed by atoms with E-state index in [0.29, 0.717) is 17.9 Å². The number of fused-ring (bicyclic) bond motifs is 2. The lowest BCUT2D eigenvalue weighted by Gasteiger charge is -2.26. The second-order valence-electron chi connectivity index (χ2n) is 11.8. The molecule has 0 saturated heterocycles. The Bertz CT molecular complexity index is 1360. The summed E-state index contributed by atoms with van der Waals surface area (Å²) >= 11 is 0. The average molecular weight is 517 g/mol. The Morgan fingerprint density at radius 1 is 1.08 bits per heavy atom. The van der Waals surface area contributed by atoms with Crippen molar-refractivity contribution in [3.63, 3.8) is 0 Å². The van der Waals surface area contributed by atoms with E-state index in [1.165, 1.54) is 11.6 Å². The van der Waals surface area contributed by atoms with Gasteiger partial charge in [0.05, 0.1) is 13.0 Å². The van der Waals surface area contributed by atoms with Crippen molar-refractivity contribution in [1.29, 1.82) is 0 Å². The summed E-state index contributed by atoms with van der Waals surface area (Å²) in [6.07, 6.45) is 5.53. The molecule has 38 heavy (non-hydrogen) atoms. The number of hydrogen-bond acceptors (Lipinski definition) is 3. The topological polar surface area (TPSA) is 55.8 Å². The third-order valence-electron chi connectivity index (χ3n) is 8.47. The maximum atomic E-state index is 15.0. The summed E-state index contributed by atoms with van der Waals surface area (Å²) in [6, 6.07) is 17.1. The van der Waals surface area contributed by atoms with E-state index < -0.39 is 5.97 Å². The summed E-state index contributed by atoms with van der Waals surface area (Å²) < 4.78 is 26.6. The summed E-state index contributed by atoms with van der Waals surface area (Å²) in [5.74, 6) is 0.142. The summed E-state index contributed by atoms with van der Waals surface area (Å²) in [5, 5.41) is 9.56. The third-order valence-corrected chi connectivity index (χ3v) is 8.47. The number of halogens is 1. The molecule has 0 heterocycles. The van der Waals surface area contributed by atoms with E-state index in [1.54, 1.807) is 19.2 Å². The number of carboxylic acid groups (broad SMARTS) is 1. The molecule has 0 aliphatic heterocycles. The lowest BCUT2D eigenvalue weighted by molar-refractivity contribution is -0.139. The van der Waals surface area contributed by atoms with Gasteiger partial charge in [0.1, 0.15) is 23.9 Å². The molecule has 0 bridgehead atoms. The molecule has 5 heteroatoms. The molecule has 2 atom stereocenters. The van der Waals surface area contributed by atoms with Crippen molar-refractivity contribution in [1.82, 2.24) is 0 Å². The fraction of sp³-hybridized carbons (Fsp3) is 0.424. The zero-order valence-corrected chi connectivity index (χ0v) is 22.8. The first-order valence-corrected chi connectivity index (χ1v) is 13.6. The maximum Gasteiger partial charge on any atom is 0.307 e. The zero-order chi connectivity index (χ0) is 27.1. The molecule has 2 aliphatic carbocycles.